The highest BCUT2D eigenvalue weighted by atomic mass is 15.4. The molecule has 0 spiro atoms. The second kappa shape index (κ2) is 6.15. The van der Waals surface area contributed by atoms with Crippen LogP contribution in [0.15, 0.2) is 4.99 Å². The third kappa shape index (κ3) is 3.36. The van der Waals surface area contributed by atoms with Crippen molar-refractivity contribution in [2.45, 2.75) is 53.0 Å². The molecule has 2 rings (SSSR count). The van der Waals surface area contributed by atoms with Gasteiger partial charge in [-0.2, -0.15) is 0 Å². The number of nitrogens with one attached hydrogen (secondary N) is 1. The van der Waals surface area contributed by atoms with Gasteiger partial charge in [-0.15, -0.1) is 0 Å². The first kappa shape index (κ1) is 16.6. The van der Waals surface area contributed by atoms with Crippen LogP contribution in [0, 0.1) is 11.3 Å². The number of rotatable bonds is 3. The molecule has 2 aliphatic heterocycles. The Morgan fingerprint density at radius 2 is 1.81 bits per heavy atom. The van der Waals surface area contributed by atoms with Crippen LogP contribution in [-0.4, -0.2) is 61.1 Å². The fraction of sp³-hybridized carbons (Fsp3) is 0.941. The standard InChI is InChI=1S/C17H34N4/c1-7-18-15(21-13-16(2,3)17(21,4)5)19-12-14-8-10-20(6)11-9-14/h14H,7-13H2,1-6H3,(H,18,19). The van der Waals surface area contributed by atoms with Gasteiger partial charge in [-0.3, -0.25) is 4.99 Å². The molecule has 0 aromatic rings. The Kier molecular flexibility index (Phi) is 4.86. The Morgan fingerprint density at radius 3 is 2.29 bits per heavy atom. The number of nitrogens with zero attached hydrogens (tertiary/aromatic N) is 3. The second-order valence-electron chi connectivity index (χ2n) is 7.97. The molecule has 0 aromatic carbocycles. The van der Waals surface area contributed by atoms with Crippen LogP contribution in [0.5, 0.6) is 0 Å². The summed E-state index contributed by atoms with van der Waals surface area (Å²) in [5, 5.41) is 3.49. The summed E-state index contributed by atoms with van der Waals surface area (Å²) in [5.74, 6) is 1.87. The molecule has 0 unspecified atom stereocenters. The molecule has 4 heteroatoms. The Hall–Kier alpha value is -0.770. The number of aliphatic imine (C=N–C) groups is 1. The molecule has 2 aliphatic rings. The van der Waals surface area contributed by atoms with Gasteiger partial charge in [0.2, 0.25) is 0 Å². The summed E-state index contributed by atoms with van der Waals surface area (Å²) in [4.78, 5) is 9.83. The molecule has 0 radical (unpaired) electrons. The van der Waals surface area contributed by atoms with Gasteiger partial charge in [0.25, 0.3) is 0 Å². The molecule has 4 nitrogen and oxygen atoms in total. The topological polar surface area (TPSA) is 30.9 Å². The summed E-state index contributed by atoms with van der Waals surface area (Å²) in [6, 6.07) is 0. The number of hydrogen-bond acceptors (Lipinski definition) is 2. The summed E-state index contributed by atoms with van der Waals surface area (Å²) in [6.07, 6.45) is 2.57. The molecule has 0 aromatic heterocycles. The maximum atomic E-state index is 4.96. The van der Waals surface area contributed by atoms with Crippen LogP contribution in [0.3, 0.4) is 0 Å². The zero-order valence-corrected chi connectivity index (χ0v) is 14.9. The van der Waals surface area contributed by atoms with Gasteiger partial charge in [0, 0.05) is 30.6 Å². The van der Waals surface area contributed by atoms with E-state index in [2.05, 4.69) is 56.8 Å². The lowest BCUT2D eigenvalue weighted by Crippen LogP contribution is -2.72. The van der Waals surface area contributed by atoms with Gasteiger partial charge in [0.05, 0.1) is 0 Å². The van der Waals surface area contributed by atoms with Gasteiger partial charge >= 0.3 is 0 Å². The molecule has 2 saturated heterocycles. The molecule has 0 aliphatic carbocycles. The van der Waals surface area contributed by atoms with Crippen molar-refractivity contribution in [3.8, 4) is 0 Å². The summed E-state index contributed by atoms with van der Waals surface area (Å²) in [6.45, 7) is 17.0. The monoisotopic (exact) mass is 294 g/mol. The third-order valence-electron chi connectivity index (χ3n) is 5.81. The maximum Gasteiger partial charge on any atom is 0.194 e. The van der Waals surface area contributed by atoms with Crippen molar-refractivity contribution in [2.75, 3.05) is 39.8 Å². The first-order chi connectivity index (χ1) is 9.78. The lowest BCUT2D eigenvalue weighted by molar-refractivity contribution is -0.0668. The highest BCUT2D eigenvalue weighted by molar-refractivity contribution is 5.82. The van der Waals surface area contributed by atoms with Crippen molar-refractivity contribution in [2.24, 2.45) is 16.3 Å². The van der Waals surface area contributed by atoms with Crippen molar-refractivity contribution in [3.63, 3.8) is 0 Å². The van der Waals surface area contributed by atoms with Crippen molar-refractivity contribution < 1.29 is 0 Å². The Morgan fingerprint density at radius 1 is 1.19 bits per heavy atom. The van der Waals surface area contributed by atoms with Crippen LogP contribution in [-0.2, 0) is 0 Å². The smallest absolute Gasteiger partial charge is 0.194 e. The van der Waals surface area contributed by atoms with Gasteiger partial charge in [0.1, 0.15) is 0 Å². The lowest BCUT2D eigenvalue weighted by atomic mass is 9.65. The number of likely N-dealkylation sites (tertiary alicyclic amines) is 2. The molecule has 0 amide bonds. The van der Waals surface area contributed by atoms with Crippen LogP contribution < -0.4 is 5.32 Å². The second-order valence-corrected chi connectivity index (χ2v) is 7.97. The fourth-order valence-corrected chi connectivity index (χ4v) is 3.26. The van der Waals surface area contributed by atoms with Gasteiger partial charge in [-0.1, -0.05) is 13.8 Å². The molecule has 0 atom stereocenters. The van der Waals surface area contributed by atoms with E-state index < -0.39 is 0 Å². The SMILES string of the molecule is CCNC(=NCC1CCN(C)CC1)N1CC(C)(C)C1(C)C. The van der Waals surface area contributed by atoms with E-state index in [0.717, 1.165) is 31.5 Å². The van der Waals surface area contributed by atoms with Crippen molar-refractivity contribution in [1.29, 1.82) is 0 Å². The van der Waals surface area contributed by atoms with Crippen molar-refractivity contribution in [1.82, 2.24) is 15.1 Å². The van der Waals surface area contributed by atoms with E-state index in [-0.39, 0.29) is 5.54 Å². The van der Waals surface area contributed by atoms with Crippen LogP contribution >= 0.6 is 0 Å². The summed E-state index contributed by atoms with van der Waals surface area (Å²) in [5.41, 5.74) is 0.539. The largest absolute Gasteiger partial charge is 0.356 e. The fourth-order valence-electron chi connectivity index (χ4n) is 3.26. The predicted molar refractivity (Wildman–Crippen MR) is 90.8 cm³/mol. The lowest BCUT2D eigenvalue weighted by Gasteiger charge is -2.62. The maximum absolute atomic E-state index is 4.96. The molecule has 2 fully saturated rings. The molecule has 0 bridgehead atoms. The molecule has 122 valence electrons. The highest BCUT2D eigenvalue weighted by Crippen LogP contribution is 2.46. The Labute approximate surface area is 131 Å². The summed E-state index contributed by atoms with van der Waals surface area (Å²) >= 11 is 0. The molecular formula is C17H34N4. The molecular weight excluding hydrogens is 260 g/mol. The predicted octanol–water partition coefficient (Wildman–Crippen LogP) is 2.41. The molecule has 21 heavy (non-hydrogen) atoms. The number of hydrogen-bond donors (Lipinski definition) is 1. The van der Waals surface area contributed by atoms with E-state index in [1.54, 1.807) is 0 Å². The normalized spacial score (nSPS) is 26.6. The van der Waals surface area contributed by atoms with E-state index in [1.807, 2.05) is 0 Å². The zero-order chi connectivity index (χ0) is 15.7. The minimum atomic E-state index is 0.181. The summed E-state index contributed by atoms with van der Waals surface area (Å²) < 4.78 is 0. The van der Waals surface area contributed by atoms with Crippen LogP contribution in [0.4, 0.5) is 0 Å². The average molecular weight is 294 g/mol. The number of piperidine rings is 1. The highest BCUT2D eigenvalue weighted by Gasteiger charge is 2.53. The van der Waals surface area contributed by atoms with E-state index >= 15 is 0 Å². The first-order valence-electron chi connectivity index (χ1n) is 8.52. The molecule has 2 heterocycles. The van der Waals surface area contributed by atoms with Gasteiger partial charge < -0.3 is 15.1 Å². The van der Waals surface area contributed by atoms with Crippen molar-refractivity contribution in [3.05, 3.63) is 0 Å². The quantitative estimate of drug-likeness (QED) is 0.640. The third-order valence-corrected chi connectivity index (χ3v) is 5.81. The minimum absolute atomic E-state index is 0.181. The van der Waals surface area contributed by atoms with Gasteiger partial charge in [0.15, 0.2) is 5.96 Å². The average Bonchev–Trinajstić information content (AvgIpc) is 2.43. The molecule has 1 N–H and O–H groups in total. The van der Waals surface area contributed by atoms with Gasteiger partial charge in [-0.25, -0.2) is 0 Å². The first-order valence-corrected chi connectivity index (χ1v) is 8.52. The zero-order valence-electron chi connectivity index (χ0n) is 14.9. The minimum Gasteiger partial charge on any atom is -0.356 e. The van der Waals surface area contributed by atoms with Gasteiger partial charge in [-0.05, 0) is 59.7 Å². The van der Waals surface area contributed by atoms with E-state index in [0.29, 0.717) is 5.41 Å². The van der Waals surface area contributed by atoms with Crippen LogP contribution in [0.1, 0.15) is 47.5 Å². The Balaban J connectivity index is 1.97. The van der Waals surface area contributed by atoms with Crippen LogP contribution in [0.25, 0.3) is 0 Å². The van der Waals surface area contributed by atoms with E-state index in [9.17, 15) is 0 Å². The Bertz CT molecular complexity index is 378. The van der Waals surface area contributed by atoms with Crippen LogP contribution in [0.2, 0.25) is 0 Å². The van der Waals surface area contributed by atoms with Crippen molar-refractivity contribution >= 4 is 5.96 Å². The van der Waals surface area contributed by atoms with E-state index in [4.69, 9.17) is 4.99 Å². The number of guanidine groups is 1. The summed E-state index contributed by atoms with van der Waals surface area (Å²) in [7, 11) is 2.22. The molecule has 0 saturated carbocycles. The van der Waals surface area contributed by atoms with E-state index in [1.165, 1.54) is 25.9 Å².